The first-order valence-electron chi connectivity index (χ1n) is 6.79. The van der Waals surface area contributed by atoms with Gasteiger partial charge in [0.05, 0.1) is 24.9 Å². The number of nitrogens with one attached hydrogen (secondary N) is 1. The zero-order valence-electron chi connectivity index (χ0n) is 11.2. The molecule has 0 aromatic rings. The molecule has 1 rings (SSSR count). The maximum Gasteiger partial charge on any atom is 0.0897 e. The number of hydrogen-bond acceptors (Lipinski definition) is 4. The predicted octanol–water partition coefficient (Wildman–Crippen LogP) is 1.32. The minimum Gasteiger partial charge on any atom is -0.389 e. The highest BCUT2D eigenvalue weighted by Crippen LogP contribution is 2.22. The van der Waals surface area contributed by atoms with Crippen molar-refractivity contribution in [1.29, 1.82) is 0 Å². The summed E-state index contributed by atoms with van der Waals surface area (Å²) in [4.78, 5) is 0. The summed E-state index contributed by atoms with van der Waals surface area (Å²) in [6.45, 7) is 4.11. The molecule has 0 heterocycles. The fourth-order valence-corrected chi connectivity index (χ4v) is 2.22. The van der Waals surface area contributed by atoms with Crippen molar-refractivity contribution < 1.29 is 14.6 Å². The van der Waals surface area contributed by atoms with Crippen molar-refractivity contribution in [2.45, 2.75) is 57.3 Å². The van der Waals surface area contributed by atoms with Gasteiger partial charge in [0.2, 0.25) is 0 Å². The highest BCUT2D eigenvalue weighted by Gasteiger charge is 2.22. The minimum absolute atomic E-state index is 0.259. The zero-order valence-corrected chi connectivity index (χ0v) is 11.2. The lowest BCUT2D eigenvalue weighted by atomic mass is 9.95. The second kappa shape index (κ2) is 8.86. The number of ether oxygens (including phenoxy) is 2. The maximum atomic E-state index is 9.71. The Bertz CT molecular complexity index is 190. The third kappa shape index (κ3) is 6.36. The number of aliphatic hydroxyl groups excluding tert-OH is 1. The Labute approximate surface area is 105 Å². The lowest BCUT2D eigenvalue weighted by molar-refractivity contribution is -0.0556. The molecule has 0 spiro atoms. The van der Waals surface area contributed by atoms with Gasteiger partial charge in [-0.1, -0.05) is 6.92 Å². The first kappa shape index (κ1) is 14.9. The molecule has 4 heteroatoms. The quantitative estimate of drug-likeness (QED) is 0.633. The first-order chi connectivity index (χ1) is 8.26. The largest absolute Gasteiger partial charge is 0.389 e. The Hall–Kier alpha value is -0.160. The molecule has 0 saturated heterocycles. The Kier molecular flexibility index (Phi) is 7.77. The Morgan fingerprint density at radius 1 is 1.35 bits per heavy atom. The van der Waals surface area contributed by atoms with Gasteiger partial charge in [0.25, 0.3) is 0 Å². The molecule has 102 valence electrons. The fourth-order valence-electron chi connectivity index (χ4n) is 2.22. The van der Waals surface area contributed by atoms with Gasteiger partial charge in [-0.3, -0.25) is 0 Å². The third-order valence-corrected chi connectivity index (χ3v) is 3.24. The summed E-state index contributed by atoms with van der Waals surface area (Å²) in [5.41, 5.74) is 0. The van der Waals surface area contributed by atoms with Gasteiger partial charge in [0.1, 0.15) is 0 Å². The van der Waals surface area contributed by atoms with Crippen molar-refractivity contribution in [1.82, 2.24) is 5.32 Å². The molecule has 0 aromatic heterocycles. The Morgan fingerprint density at radius 3 is 2.82 bits per heavy atom. The van der Waals surface area contributed by atoms with E-state index in [2.05, 4.69) is 12.2 Å². The van der Waals surface area contributed by atoms with E-state index in [4.69, 9.17) is 9.47 Å². The van der Waals surface area contributed by atoms with Crippen molar-refractivity contribution in [2.75, 3.05) is 26.8 Å². The van der Waals surface area contributed by atoms with Gasteiger partial charge >= 0.3 is 0 Å². The van der Waals surface area contributed by atoms with E-state index >= 15 is 0 Å². The van der Waals surface area contributed by atoms with Crippen molar-refractivity contribution in [2.24, 2.45) is 0 Å². The number of rotatable bonds is 8. The van der Waals surface area contributed by atoms with Crippen LogP contribution in [0.2, 0.25) is 0 Å². The van der Waals surface area contributed by atoms with E-state index < -0.39 is 6.10 Å². The molecule has 1 saturated carbocycles. The number of methoxy groups -OCH3 is 1. The number of hydrogen-bond donors (Lipinski definition) is 2. The normalized spacial score (nSPS) is 27.0. The molecule has 17 heavy (non-hydrogen) atoms. The van der Waals surface area contributed by atoms with Crippen molar-refractivity contribution in [3.63, 3.8) is 0 Å². The summed E-state index contributed by atoms with van der Waals surface area (Å²) < 4.78 is 11.1. The second-order valence-corrected chi connectivity index (χ2v) is 4.84. The molecule has 2 N–H and O–H groups in total. The van der Waals surface area contributed by atoms with Crippen LogP contribution in [-0.4, -0.2) is 50.2 Å². The van der Waals surface area contributed by atoms with E-state index in [9.17, 15) is 5.11 Å². The summed E-state index contributed by atoms with van der Waals surface area (Å²) in [6, 6.07) is 0. The molecule has 4 nitrogen and oxygen atoms in total. The van der Waals surface area contributed by atoms with E-state index in [-0.39, 0.29) is 6.10 Å². The highest BCUT2D eigenvalue weighted by molar-refractivity contribution is 4.74. The fraction of sp³-hybridized carbons (Fsp3) is 1.00. The van der Waals surface area contributed by atoms with E-state index in [1.807, 2.05) is 0 Å². The molecular formula is C13H27NO3. The molecule has 0 aliphatic heterocycles. The van der Waals surface area contributed by atoms with Gasteiger partial charge < -0.3 is 19.9 Å². The smallest absolute Gasteiger partial charge is 0.0897 e. The summed E-state index contributed by atoms with van der Waals surface area (Å²) in [7, 11) is 1.76. The van der Waals surface area contributed by atoms with Crippen LogP contribution in [0.4, 0.5) is 0 Å². The summed E-state index contributed by atoms with van der Waals surface area (Å²) in [6.07, 6.45) is 5.64. The molecule has 1 aliphatic carbocycles. The van der Waals surface area contributed by atoms with Crippen LogP contribution in [0, 0.1) is 0 Å². The lowest BCUT2D eigenvalue weighted by Crippen LogP contribution is -2.34. The average Bonchev–Trinajstić information content (AvgIpc) is 2.37. The zero-order chi connectivity index (χ0) is 12.5. The molecule has 1 fully saturated rings. The van der Waals surface area contributed by atoms with Crippen LogP contribution in [-0.2, 0) is 9.47 Å². The molecule has 0 radical (unpaired) electrons. The van der Waals surface area contributed by atoms with Crippen LogP contribution in [0.1, 0.15) is 39.0 Å². The van der Waals surface area contributed by atoms with E-state index in [1.54, 1.807) is 7.11 Å². The van der Waals surface area contributed by atoms with Gasteiger partial charge in [-0.25, -0.2) is 0 Å². The molecule has 0 aromatic carbocycles. The third-order valence-electron chi connectivity index (χ3n) is 3.24. The first-order valence-corrected chi connectivity index (χ1v) is 6.79. The van der Waals surface area contributed by atoms with Crippen LogP contribution in [0.25, 0.3) is 0 Å². The lowest BCUT2D eigenvalue weighted by Gasteiger charge is -2.28. The topological polar surface area (TPSA) is 50.7 Å². The van der Waals surface area contributed by atoms with Crippen LogP contribution in [0.5, 0.6) is 0 Å². The molecule has 3 unspecified atom stereocenters. The molecule has 1 aliphatic rings. The van der Waals surface area contributed by atoms with Crippen LogP contribution in [0.15, 0.2) is 0 Å². The molecular weight excluding hydrogens is 218 g/mol. The van der Waals surface area contributed by atoms with Gasteiger partial charge in [0, 0.05) is 13.7 Å². The second-order valence-electron chi connectivity index (χ2n) is 4.84. The van der Waals surface area contributed by atoms with Crippen molar-refractivity contribution in [3.8, 4) is 0 Å². The SMILES string of the molecule is CCCNCC(O)COC1CCCC(OC)C1. The summed E-state index contributed by atoms with van der Waals surface area (Å²) in [5, 5.41) is 12.9. The Balaban J connectivity index is 2.08. The van der Waals surface area contributed by atoms with Crippen LogP contribution >= 0.6 is 0 Å². The van der Waals surface area contributed by atoms with Crippen molar-refractivity contribution >= 4 is 0 Å². The maximum absolute atomic E-state index is 9.71. The number of aliphatic hydroxyl groups is 1. The molecule has 0 bridgehead atoms. The predicted molar refractivity (Wildman–Crippen MR) is 68.2 cm³/mol. The van der Waals surface area contributed by atoms with Gasteiger partial charge in [-0.05, 0) is 38.6 Å². The standard InChI is InChI=1S/C13H27NO3/c1-3-7-14-9-11(15)10-17-13-6-4-5-12(8-13)16-2/h11-15H,3-10H2,1-2H3. The van der Waals surface area contributed by atoms with Crippen molar-refractivity contribution in [3.05, 3.63) is 0 Å². The van der Waals surface area contributed by atoms with E-state index in [0.29, 0.717) is 19.3 Å². The monoisotopic (exact) mass is 245 g/mol. The minimum atomic E-state index is -0.399. The highest BCUT2D eigenvalue weighted by atomic mass is 16.5. The van der Waals surface area contributed by atoms with Gasteiger partial charge in [-0.2, -0.15) is 0 Å². The van der Waals surface area contributed by atoms with Crippen LogP contribution < -0.4 is 5.32 Å². The summed E-state index contributed by atoms with van der Waals surface area (Å²) in [5.74, 6) is 0. The summed E-state index contributed by atoms with van der Waals surface area (Å²) >= 11 is 0. The van der Waals surface area contributed by atoms with Gasteiger partial charge in [-0.15, -0.1) is 0 Å². The Morgan fingerprint density at radius 2 is 2.12 bits per heavy atom. The molecule has 0 amide bonds. The van der Waals surface area contributed by atoms with E-state index in [1.165, 1.54) is 0 Å². The van der Waals surface area contributed by atoms with Gasteiger partial charge in [0.15, 0.2) is 0 Å². The average molecular weight is 245 g/mol. The van der Waals surface area contributed by atoms with E-state index in [0.717, 1.165) is 38.6 Å². The van der Waals surface area contributed by atoms with Crippen LogP contribution in [0.3, 0.4) is 0 Å². The molecule has 3 atom stereocenters.